The summed E-state index contributed by atoms with van der Waals surface area (Å²) in [5.41, 5.74) is 5.72. The van der Waals surface area contributed by atoms with Gasteiger partial charge in [-0.05, 0) is 56.7 Å². The van der Waals surface area contributed by atoms with Gasteiger partial charge in [0.05, 0.1) is 18.8 Å². The number of ether oxygens (including phenoxy) is 1. The van der Waals surface area contributed by atoms with Crippen molar-refractivity contribution >= 4 is 17.3 Å². The topological polar surface area (TPSA) is 65.2 Å². The van der Waals surface area contributed by atoms with Gasteiger partial charge in [0.1, 0.15) is 11.6 Å². The van der Waals surface area contributed by atoms with E-state index < -0.39 is 0 Å². The number of Topliss-reactive ketones (excluding diaryl/α,β-unsaturated/α-hetero) is 1. The molecular formula is C25H28FN5O2. The fourth-order valence-electron chi connectivity index (χ4n) is 5.62. The van der Waals surface area contributed by atoms with Crippen molar-refractivity contribution in [2.45, 2.75) is 45.1 Å². The first-order valence-corrected chi connectivity index (χ1v) is 11.8. The van der Waals surface area contributed by atoms with Crippen molar-refractivity contribution in [1.29, 1.82) is 0 Å². The number of fused-ring (bicyclic) bond motifs is 2. The molecular weight excluding hydrogens is 421 g/mol. The molecule has 3 aliphatic rings. The molecule has 0 bridgehead atoms. The first-order valence-electron chi connectivity index (χ1n) is 11.8. The first kappa shape index (κ1) is 20.6. The zero-order valence-electron chi connectivity index (χ0n) is 19.1. The molecule has 1 aromatic carbocycles. The van der Waals surface area contributed by atoms with Crippen molar-refractivity contribution in [1.82, 2.24) is 19.6 Å². The van der Waals surface area contributed by atoms with Crippen molar-refractivity contribution in [3.05, 3.63) is 47.2 Å². The molecule has 172 valence electrons. The fourth-order valence-corrected chi connectivity index (χ4v) is 5.62. The van der Waals surface area contributed by atoms with Crippen molar-refractivity contribution in [3.63, 3.8) is 0 Å². The van der Waals surface area contributed by atoms with Crippen LogP contribution in [0.3, 0.4) is 0 Å². The van der Waals surface area contributed by atoms with Gasteiger partial charge in [-0.25, -0.2) is 4.39 Å². The number of benzene rings is 1. The second-order valence-electron chi connectivity index (χ2n) is 9.53. The van der Waals surface area contributed by atoms with Crippen molar-refractivity contribution in [2.75, 3.05) is 24.7 Å². The number of ketones is 1. The van der Waals surface area contributed by atoms with Gasteiger partial charge in [0, 0.05) is 60.4 Å². The maximum atomic E-state index is 15.2. The minimum atomic E-state index is -0.257. The smallest absolute Gasteiger partial charge is 0.158 e. The molecule has 33 heavy (non-hydrogen) atoms. The molecule has 0 saturated carbocycles. The Hall–Kier alpha value is -3.00. The van der Waals surface area contributed by atoms with E-state index in [4.69, 9.17) is 9.84 Å². The molecule has 7 nitrogen and oxygen atoms in total. The number of hydrogen-bond acceptors (Lipinski definition) is 5. The molecule has 4 heterocycles. The van der Waals surface area contributed by atoms with Crippen LogP contribution in [0.5, 0.6) is 0 Å². The molecule has 1 fully saturated rings. The molecule has 2 atom stereocenters. The highest BCUT2D eigenvalue weighted by atomic mass is 19.1. The Morgan fingerprint density at radius 3 is 2.85 bits per heavy atom. The minimum Gasteiger partial charge on any atom is -0.379 e. The molecule has 1 aliphatic carbocycles. The Morgan fingerprint density at radius 1 is 1.24 bits per heavy atom. The van der Waals surface area contributed by atoms with Crippen LogP contribution in [0.25, 0.3) is 11.1 Å². The van der Waals surface area contributed by atoms with Crippen LogP contribution >= 0.6 is 0 Å². The highest BCUT2D eigenvalue weighted by molar-refractivity contribution is 5.80. The molecule has 2 aromatic heterocycles. The summed E-state index contributed by atoms with van der Waals surface area (Å²) in [6, 6.07) is 3.82. The molecule has 3 aromatic rings. The average Bonchev–Trinajstić information content (AvgIpc) is 3.58. The Morgan fingerprint density at radius 2 is 2.12 bits per heavy atom. The van der Waals surface area contributed by atoms with E-state index in [0.717, 1.165) is 67.0 Å². The summed E-state index contributed by atoms with van der Waals surface area (Å²) in [7, 11) is 1.83. The number of carbonyl (C=O) groups is 1. The van der Waals surface area contributed by atoms with Gasteiger partial charge in [0.15, 0.2) is 5.82 Å². The largest absolute Gasteiger partial charge is 0.379 e. The summed E-state index contributed by atoms with van der Waals surface area (Å²) in [6.45, 7) is 3.86. The Balaban J connectivity index is 1.42. The van der Waals surface area contributed by atoms with E-state index in [2.05, 4.69) is 14.7 Å². The van der Waals surface area contributed by atoms with Gasteiger partial charge in [-0.15, -0.1) is 0 Å². The zero-order chi connectivity index (χ0) is 22.7. The normalized spacial score (nSPS) is 22.0. The first-order chi connectivity index (χ1) is 16.0. The summed E-state index contributed by atoms with van der Waals surface area (Å²) in [4.78, 5) is 14.4. The summed E-state index contributed by atoms with van der Waals surface area (Å²) >= 11 is 0. The maximum absolute atomic E-state index is 15.2. The Bertz CT molecular complexity index is 1240. The average molecular weight is 450 g/mol. The predicted octanol–water partition coefficient (Wildman–Crippen LogP) is 3.77. The van der Waals surface area contributed by atoms with Gasteiger partial charge < -0.3 is 9.64 Å². The standard InChI is InChI=1S/C25H28FN5O2/c1-15(32)16-3-4-23-21(9-16)25(28-31(23)19-6-8-33-14-19)30-7-5-17-10-20(22(26)11-24(17)30)18-12-27-29(2)13-18/h10-13,16,19H,3-9,14H2,1-2H3. The van der Waals surface area contributed by atoms with Gasteiger partial charge in [-0.2, -0.15) is 10.2 Å². The molecule has 2 unspecified atom stereocenters. The second kappa shape index (κ2) is 7.80. The molecule has 0 radical (unpaired) electrons. The van der Waals surface area contributed by atoms with Crippen LogP contribution in [0.1, 0.15) is 42.6 Å². The van der Waals surface area contributed by atoms with Crippen LogP contribution in [0, 0.1) is 11.7 Å². The summed E-state index contributed by atoms with van der Waals surface area (Å²) < 4.78 is 24.7. The number of nitrogens with zero attached hydrogens (tertiary/aromatic N) is 5. The van der Waals surface area contributed by atoms with Gasteiger partial charge >= 0.3 is 0 Å². The van der Waals surface area contributed by atoms with Crippen molar-refractivity contribution in [3.8, 4) is 11.1 Å². The minimum absolute atomic E-state index is 0.0282. The second-order valence-corrected chi connectivity index (χ2v) is 9.53. The number of rotatable bonds is 4. The SMILES string of the molecule is CC(=O)C1CCc2c(c(N3CCc4cc(-c5cnn(C)c5)c(F)cc43)nn2C2CCOC2)C1. The van der Waals surface area contributed by atoms with Gasteiger partial charge in [-0.1, -0.05) is 0 Å². The monoisotopic (exact) mass is 449 g/mol. The lowest BCUT2D eigenvalue weighted by atomic mass is 9.84. The van der Waals surface area contributed by atoms with Gasteiger partial charge in [-0.3, -0.25) is 14.2 Å². The van der Waals surface area contributed by atoms with E-state index in [1.165, 1.54) is 5.69 Å². The third-order valence-corrected chi connectivity index (χ3v) is 7.44. The molecule has 0 N–H and O–H groups in total. The number of carbonyl (C=O) groups excluding carboxylic acids is 1. The van der Waals surface area contributed by atoms with E-state index >= 15 is 4.39 Å². The zero-order valence-corrected chi connectivity index (χ0v) is 19.1. The van der Waals surface area contributed by atoms with E-state index in [-0.39, 0.29) is 23.6 Å². The van der Waals surface area contributed by atoms with E-state index in [9.17, 15) is 4.79 Å². The van der Waals surface area contributed by atoms with E-state index in [0.29, 0.717) is 18.6 Å². The number of hydrogen-bond donors (Lipinski definition) is 0. The number of anilines is 2. The van der Waals surface area contributed by atoms with E-state index in [1.807, 2.05) is 19.3 Å². The third kappa shape index (κ3) is 3.39. The molecule has 0 amide bonds. The lowest BCUT2D eigenvalue weighted by Crippen LogP contribution is -2.24. The highest BCUT2D eigenvalue weighted by Crippen LogP contribution is 2.43. The van der Waals surface area contributed by atoms with Crippen LogP contribution in [0.2, 0.25) is 0 Å². The number of halogens is 1. The molecule has 1 saturated heterocycles. The van der Waals surface area contributed by atoms with Crippen molar-refractivity contribution in [2.24, 2.45) is 13.0 Å². The Kier molecular flexibility index (Phi) is 4.87. The van der Waals surface area contributed by atoms with Crippen LogP contribution in [0.15, 0.2) is 24.5 Å². The van der Waals surface area contributed by atoms with Crippen LogP contribution in [0.4, 0.5) is 15.9 Å². The van der Waals surface area contributed by atoms with Crippen LogP contribution in [-0.4, -0.2) is 45.1 Å². The maximum Gasteiger partial charge on any atom is 0.158 e. The summed E-state index contributed by atoms with van der Waals surface area (Å²) in [5, 5.41) is 9.27. The summed E-state index contributed by atoms with van der Waals surface area (Å²) in [5.74, 6) is 0.890. The highest BCUT2D eigenvalue weighted by Gasteiger charge is 2.35. The lowest BCUT2D eigenvalue weighted by molar-refractivity contribution is -0.121. The van der Waals surface area contributed by atoms with Crippen LogP contribution < -0.4 is 4.90 Å². The van der Waals surface area contributed by atoms with E-state index in [1.54, 1.807) is 23.9 Å². The Labute approximate surface area is 192 Å². The van der Waals surface area contributed by atoms with Crippen LogP contribution in [-0.2, 0) is 35.8 Å². The quantitative estimate of drug-likeness (QED) is 0.607. The third-order valence-electron chi connectivity index (χ3n) is 7.44. The predicted molar refractivity (Wildman–Crippen MR) is 122 cm³/mol. The number of aryl methyl sites for hydroxylation is 1. The van der Waals surface area contributed by atoms with Gasteiger partial charge in [0.2, 0.25) is 0 Å². The molecule has 0 spiro atoms. The fraction of sp³-hybridized carbons (Fsp3) is 0.480. The molecule has 6 rings (SSSR count). The lowest BCUT2D eigenvalue weighted by Gasteiger charge is -2.24. The summed E-state index contributed by atoms with van der Waals surface area (Å²) in [6.07, 6.45) is 7.72. The van der Waals surface area contributed by atoms with Crippen molar-refractivity contribution < 1.29 is 13.9 Å². The molecule has 2 aliphatic heterocycles. The number of aromatic nitrogens is 4. The molecule has 8 heteroatoms. The van der Waals surface area contributed by atoms with Gasteiger partial charge in [0.25, 0.3) is 0 Å².